The van der Waals surface area contributed by atoms with Gasteiger partial charge in [0.05, 0.1) is 51.6 Å². The Balaban J connectivity index is 0.000000458. The molecule has 0 bridgehead atoms. The Kier molecular flexibility index (Phi) is 32.1. The molecule has 4 aromatic carbocycles. The number of carbonyl (C=O) groups excluding carboxylic acids is 3. The second-order valence-corrected chi connectivity index (χ2v) is 25.7. The molecule has 6 rings (SSSR count). The molecule has 6 aromatic rings. The molecule has 2 unspecified atom stereocenters. The number of hydrogen-bond acceptors (Lipinski definition) is 11. The normalized spacial score (nSPS) is 12.6. The van der Waals surface area contributed by atoms with Crippen LogP contribution in [0.5, 0.6) is 0 Å². The van der Waals surface area contributed by atoms with Gasteiger partial charge in [-0.3, -0.25) is 28.8 Å². The van der Waals surface area contributed by atoms with Gasteiger partial charge in [0.15, 0.2) is 11.6 Å². The number of esters is 1. The Morgan fingerprint density at radius 3 is 1.20 bits per heavy atom. The molecule has 23 heteroatoms. The summed E-state index contributed by atoms with van der Waals surface area (Å²) in [5, 5.41) is 22.9. The fourth-order valence-corrected chi connectivity index (χ4v) is 12.2. The van der Waals surface area contributed by atoms with Crippen LogP contribution in [-0.4, -0.2) is 101 Å². The van der Waals surface area contributed by atoms with Crippen molar-refractivity contribution < 1.29 is 76.0 Å². The van der Waals surface area contributed by atoms with E-state index >= 15 is 8.78 Å². The van der Waals surface area contributed by atoms with Gasteiger partial charge in [-0.2, -0.15) is 0 Å². The summed E-state index contributed by atoms with van der Waals surface area (Å²) >= 11 is 25.3. The summed E-state index contributed by atoms with van der Waals surface area (Å²) in [6.07, 6.45) is 4.24. The zero-order valence-corrected chi connectivity index (χ0v) is 57.2. The fraction of sp³-hybridized carbons (Fsp3) is 0.441. The summed E-state index contributed by atoms with van der Waals surface area (Å²) in [5.41, 5.74) is 4.82. The number of rotatable bonds is 27. The first-order chi connectivity index (χ1) is 42.2. The number of nitrogens with zero attached hydrogens (tertiary/aromatic N) is 4. The second kappa shape index (κ2) is 36.7. The summed E-state index contributed by atoms with van der Waals surface area (Å²) < 4.78 is 67.5. The number of benzene rings is 4. The predicted octanol–water partition coefficient (Wildman–Crippen LogP) is 11.6. The molecule has 2 heterocycles. The van der Waals surface area contributed by atoms with Crippen molar-refractivity contribution in [1.29, 1.82) is 0 Å². The van der Waals surface area contributed by atoms with E-state index in [0.29, 0.717) is 42.4 Å². The molecule has 14 nitrogen and oxygen atoms in total. The van der Waals surface area contributed by atoms with E-state index in [1.165, 1.54) is 46.4 Å². The van der Waals surface area contributed by atoms with Gasteiger partial charge < -0.3 is 39.3 Å². The van der Waals surface area contributed by atoms with Crippen LogP contribution in [0.25, 0.3) is 22.3 Å². The van der Waals surface area contributed by atoms with Crippen LogP contribution in [0, 0.1) is 62.8 Å². The zero-order chi connectivity index (χ0) is 67.8. The summed E-state index contributed by atoms with van der Waals surface area (Å²) in [6, 6.07) is 11.7. The number of aliphatic carboxylic acids is 1. The molecular weight excluding hydrogens is 1260 g/mol. The Morgan fingerprint density at radius 2 is 0.890 bits per heavy atom. The van der Waals surface area contributed by atoms with Crippen molar-refractivity contribution >= 4 is 69.9 Å². The number of ether oxygens (including phenoxy) is 1. The molecule has 0 fully saturated rings. The topological polar surface area (TPSA) is 192 Å². The first kappa shape index (κ1) is 79.6. The van der Waals surface area contributed by atoms with Crippen molar-refractivity contribution in [3.8, 4) is 22.3 Å². The van der Waals surface area contributed by atoms with Gasteiger partial charge in [-0.25, -0.2) is 17.6 Å². The molecular formula is C68H81Cl4F4LiN4O10. The molecule has 0 radical (unpaired) electrons. The van der Waals surface area contributed by atoms with E-state index in [4.69, 9.17) is 61.7 Å². The van der Waals surface area contributed by atoms with E-state index in [9.17, 15) is 42.7 Å². The average molecular weight is 1340 g/mol. The fourth-order valence-electron chi connectivity index (χ4n) is 10.8. The molecule has 4 atom stereocenters. The quantitative estimate of drug-likeness (QED) is 0.0163. The van der Waals surface area contributed by atoms with Crippen molar-refractivity contribution in [2.75, 3.05) is 47.9 Å². The van der Waals surface area contributed by atoms with Gasteiger partial charge >= 0.3 is 30.8 Å². The molecule has 0 aliphatic carbocycles. The van der Waals surface area contributed by atoms with Crippen molar-refractivity contribution in [2.45, 2.75) is 138 Å². The third-order valence-electron chi connectivity index (χ3n) is 15.3. The van der Waals surface area contributed by atoms with Gasteiger partial charge in [0.1, 0.15) is 23.3 Å². The molecule has 2 aromatic heterocycles. The van der Waals surface area contributed by atoms with Crippen LogP contribution < -0.4 is 35.2 Å². The Bertz CT molecular complexity index is 3610. The van der Waals surface area contributed by atoms with E-state index in [1.54, 1.807) is 32.3 Å². The molecule has 0 spiro atoms. The average Bonchev–Trinajstić information content (AvgIpc) is 0.890. The minimum Gasteiger partial charge on any atom is -0.727 e. The van der Waals surface area contributed by atoms with Crippen LogP contribution in [0.3, 0.4) is 0 Å². The van der Waals surface area contributed by atoms with Crippen molar-refractivity contribution in [2.24, 2.45) is 11.8 Å². The third-order valence-corrected chi connectivity index (χ3v) is 16.5. The van der Waals surface area contributed by atoms with Crippen LogP contribution in [0.4, 0.5) is 17.6 Å². The number of carbonyl (C=O) groups is 4. The standard InChI is InChI=1S/C35H42Cl2F2N2O4.C33H38Cl2F2N2O4.Li.H2O2/c1-8-45-33(44)16-24(27-14-25(12-22(5)35(27)39)34-28(36)17-26(38)18-29(34)37)15-31(42)30(11-20(2)3)41-19-23(9-10-40(6)7)21(4)13-32(41)43;1-18(2)9-28(39-17-21(7-8-38(5)6)19(3)11-30(39)41)29(40)13-22(14-31(42)43)25-12-23(10-20(4)33(25)37)32-26(34)15-24(36)16-27(32)35;;1-2/h12-14,17-20,24,30H,8-11,15-16H2,1-7H3;10-12,15-18,22,28H,7-9,13-14H2,1-6H3,(H,42,43);;1-2H/q;;+1;/p-1/t24-,30?;22-,28?;;/m00../s1. The SMILES string of the molecule is CCOC(=O)C[C@H](CC(=O)C(CC(C)C)n1cc(CCN(C)C)c(C)cc1=O)c1cc(-c2c(Cl)cc(F)cc2Cl)cc(C)c1F.Cc1cc(=O)n(C(CC(C)C)C(=O)C[C@@H](CC(=O)O)c2cc(-c3c(Cl)cc(F)cc3Cl)cc(C)c2F)cc1CCN(C)C.[Li+].[O-]O. The number of pyridine rings is 2. The smallest absolute Gasteiger partial charge is 0.727 e. The third kappa shape index (κ3) is 22.5. The van der Waals surface area contributed by atoms with E-state index in [0.717, 1.165) is 59.6 Å². The molecule has 0 saturated heterocycles. The van der Waals surface area contributed by atoms with Gasteiger partial charge in [0, 0.05) is 73.4 Å². The van der Waals surface area contributed by atoms with E-state index in [-0.39, 0.29) is 127 Å². The van der Waals surface area contributed by atoms with Gasteiger partial charge in [-0.05, 0) is 204 Å². The van der Waals surface area contributed by atoms with Crippen LogP contribution in [-0.2, 0) is 36.8 Å². The largest absolute Gasteiger partial charge is 1.00 e. The van der Waals surface area contributed by atoms with Crippen LogP contribution in [0.2, 0.25) is 20.1 Å². The van der Waals surface area contributed by atoms with Crippen LogP contribution in [0.1, 0.15) is 142 Å². The summed E-state index contributed by atoms with van der Waals surface area (Å²) in [6.45, 7) is 17.9. The molecule has 0 aliphatic rings. The summed E-state index contributed by atoms with van der Waals surface area (Å²) in [7, 11) is 7.83. The first-order valence-electron chi connectivity index (χ1n) is 29.4. The maximum absolute atomic E-state index is 15.9. The summed E-state index contributed by atoms with van der Waals surface area (Å²) in [4.78, 5) is 83.5. The molecule has 0 aliphatic heterocycles. The number of aryl methyl sites for hydroxylation is 4. The number of aromatic nitrogens is 2. The second-order valence-electron chi connectivity index (χ2n) is 24.1. The Hall–Kier alpha value is -5.62. The monoisotopic (exact) mass is 1340 g/mol. The molecule has 0 saturated carbocycles. The van der Waals surface area contributed by atoms with E-state index < -0.39 is 65.5 Å². The minimum absolute atomic E-state index is 0. The van der Waals surface area contributed by atoms with Crippen molar-refractivity contribution in [1.82, 2.24) is 18.9 Å². The molecule has 0 amide bonds. The molecule has 91 heavy (non-hydrogen) atoms. The number of halogens is 8. The zero-order valence-electron chi connectivity index (χ0n) is 54.1. The van der Waals surface area contributed by atoms with E-state index in [2.05, 4.69) is 0 Å². The number of carboxylic acid groups (broad SMARTS) is 1. The number of likely N-dealkylation sites (N-methyl/N-ethyl adjacent to an activating group) is 2. The molecule has 2 N–H and O–H groups in total. The number of Topliss-reactive ketones (excluding diaryl/α,β-unsaturated/α-hetero) is 2. The minimum atomic E-state index is -1.21. The van der Waals surface area contributed by atoms with Crippen molar-refractivity contribution in [3.05, 3.63) is 182 Å². The molecule has 490 valence electrons. The van der Waals surface area contributed by atoms with Gasteiger partial charge in [0.25, 0.3) is 11.1 Å². The predicted molar refractivity (Wildman–Crippen MR) is 346 cm³/mol. The Labute approximate surface area is 562 Å². The first-order valence-corrected chi connectivity index (χ1v) is 31.0. The van der Waals surface area contributed by atoms with Gasteiger partial charge in [-0.1, -0.05) is 74.1 Å². The number of carboxylic acids is 1. The Morgan fingerprint density at radius 1 is 0.549 bits per heavy atom. The van der Waals surface area contributed by atoms with Crippen LogP contribution in [0.15, 0.2) is 82.6 Å². The van der Waals surface area contributed by atoms with Gasteiger partial charge in [0.2, 0.25) is 0 Å². The van der Waals surface area contributed by atoms with E-state index in [1.807, 2.05) is 79.5 Å². The van der Waals surface area contributed by atoms with Gasteiger partial charge in [-0.15, -0.1) is 0 Å². The number of ketones is 2. The summed E-state index contributed by atoms with van der Waals surface area (Å²) in [5.74, 6) is -6.85. The maximum atomic E-state index is 15.9. The van der Waals surface area contributed by atoms with Crippen molar-refractivity contribution in [3.63, 3.8) is 0 Å². The van der Waals surface area contributed by atoms with Crippen LogP contribution >= 0.6 is 46.4 Å². The maximum Gasteiger partial charge on any atom is 1.00 e. The number of hydrogen-bond donors (Lipinski definition) is 2.